The second-order valence-electron chi connectivity index (χ2n) is 5.71. The van der Waals surface area contributed by atoms with Gasteiger partial charge in [-0.1, -0.05) is 13.3 Å². The lowest BCUT2D eigenvalue weighted by Gasteiger charge is -2.25. The highest BCUT2D eigenvalue weighted by Crippen LogP contribution is 2.17. The summed E-state index contributed by atoms with van der Waals surface area (Å²) in [7, 11) is 0. The van der Waals surface area contributed by atoms with Crippen LogP contribution in [0.15, 0.2) is 0 Å². The maximum Gasteiger partial charge on any atom is 0.329 e. The summed E-state index contributed by atoms with van der Waals surface area (Å²) in [6, 6.07) is -1.96. The predicted molar refractivity (Wildman–Crippen MR) is 69.4 cm³/mol. The van der Waals surface area contributed by atoms with E-state index in [0.29, 0.717) is 6.42 Å². The van der Waals surface area contributed by atoms with E-state index >= 15 is 0 Å². The fourth-order valence-corrected chi connectivity index (χ4v) is 1.89. The second kappa shape index (κ2) is 5.59. The Balaban J connectivity index is 2.76. The van der Waals surface area contributed by atoms with E-state index in [-0.39, 0.29) is 5.91 Å². The van der Waals surface area contributed by atoms with Gasteiger partial charge < -0.3 is 10.1 Å². The number of nitrogens with one attached hydrogen (secondary N) is 1. The monoisotopic (exact) mass is 270 g/mol. The van der Waals surface area contributed by atoms with Crippen LogP contribution in [0.1, 0.15) is 47.5 Å². The summed E-state index contributed by atoms with van der Waals surface area (Å²) in [6.07, 6.45) is 1.35. The molecule has 0 aromatic heterocycles. The summed E-state index contributed by atoms with van der Waals surface area (Å²) < 4.78 is 5.19. The zero-order chi connectivity index (χ0) is 14.8. The highest BCUT2D eigenvalue weighted by atomic mass is 16.6. The molecule has 1 saturated heterocycles. The Morgan fingerprint density at radius 1 is 1.42 bits per heavy atom. The molecule has 6 nitrogen and oxygen atoms in total. The van der Waals surface area contributed by atoms with Gasteiger partial charge in [-0.3, -0.25) is 4.79 Å². The number of hydrogen-bond acceptors (Lipinski definition) is 4. The van der Waals surface area contributed by atoms with Gasteiger partial charge in [-0.15, -0.1) is 0 Å². The maximum atomic E-state index is 12.1. The Kier molecular flexibility index (Phi) is 4.55. The smallest absolute Gasteiger partial charge is 0.329 e. The second-order valence-corrected chi connectivity index (χ2v) is 5.71. The zero-order valence-electron chi connectivity index (χ0n) is 12.1. The molecule has 2 unspecified atom stereocenters. The van der Waals surface area contributed by atoms with Crippen LogP contribution in [0.3, 0.4) is 0 Å². The standard InChI is InChI=1S/C13H22N2O4/c1-6-7-9-10(16)15(12(18)14-9)8(2)11(17)19-13(3,4)5/h8-9H,6-7H2,1-5H3,(H,14,18). The molecule has 0 spiro atoms. The minimum absolute atomic E-state index is 0.356. The molecule has 1 N–H and O–H groups in total. The molecule has 0 bridgehead atoms. The Hall–Kier alpha value is -1.59. The Morgan fingerprint density at radius 2 is 2.00 bits per heavy atom. The number of carbonyl (C=O) groups is 3. The fraction of sp³-hybridized carbons (Fsp3) is 0.769. The summed E-state index contributed by atoms with van der Waals surface area (Å²) in [5.74, 6) is -0.932. The molecule has 1 aliphatic heterocycles. The van der Waals surface area contributed by atoms with Crippen LogP contribution in [-0.4, -0.2) is 40.5 Å². The van der Waals surface area contributed by atoms with Gasteiger partial charge in [-0.2, -0.15) is 0 Å². The van der Waals surface area contributed by atoms with Crippen LogP contribution < -0.4 is 5.32 Å². The van der Waals surface area contributed by atoms with E-state index in [2.05, 4.69) is 5.32 Å². The third-order valence-corrected chi connectivity index (χ3v) is 2.76. The van der Waals surface area contributed by atoms with Gasteiger partial charge in [0.2, 0.25) is 0 Å². The van der Waals surface area contributed by atoms with E-state index in [1.54, 1.807) is 20.8 Å². The van der Waals surface area contributed by atoms with Crippen molar-refractivity contribution in [1.29, 1.82) is 0 Å². The number of rotatable bonds is 4. The number of nitrogens with zero attached hydrogens (tertiary/aromatic N) is 1. The normalized spacial score (nSPS) is 21.3. The van der Waals surface area contributed by atoms with Crippen LogP contribution in [0.5, 0.6) is 0 Å². The molecule has 1 heterocycles. The molecule has 108 valence electrons. The molecule has 1 fully saturated rings. The van der Waals surface area contributed by atoms with Gasteiger partial charge in [0, 0.05) is 0 Å². The maximum absolute atomic E-state index is 12.1. The molecule has 0 radical (unpaired) electrons. The lowest BCUT2D eigenvalue weighted by atomic mass is 10.1. The molecule has 1 aliphatic rings. The molecule has 0 saturated carbocycles. The first-order chi connectivity index (χ1) is 8.67. The molecule has 0 aliphatic carbocycles. The minimum atomic E-state index is -0.909. The van der Waals surface area contributed by atoms with Crippen molar-refractivity contribution in [1.82, 2.24) is 10.2 Å². The average Bonchev–Trinajstić information content (AvgIpc) is 2.51. The number of ether oxygens (including phenoxy) is 1. The van der Waals surface area contributed by atoms with Crippen molar-refractivity contribution in [3.8, 4) is 0 Å². The summed E-state index contributed by atoms with van der Waals surface area (Å²) in [5.41, 5.74) is -0.645. The van der Waals surface area contributed by atoms with Crippen LogP contribution in [0.4, 0.5) is 4.79 Å². The van der Waals surface area contributed by atoms with Gasteiger partial charge in [-0.05, 0) is 34.1 Å². The van der Waals surface area contributed by atoms with E-state index in [4.69, 9.17) is 4.74 Å². The van der Waals surface area contributed by atoms with Crippen molar-refractivity contribution in [3.63, 3.8) is 0 Å². The van der Waals surface area contributed by atoms with Crippen LogP contribution in [0.2, 0.25) is 0 Å². The van der Waals surface area contributed by atoms with E-state index in [0.717, 1.165) is 11.3 Å². The number of imide groups is 1. The molecule has 0 aromatic carbocycles. The predicted octanol–water partition coefficient (Wildman–Crippen LogP) is 1.44. The van der Waals surface area contributed by atoms with E-state index in [1.807, 2.05) is 6.92 Å². The lowest BCUT2D eigenvalue weighted by Crippen LogP contribution is -2.46. The number of carbonyl (C=O) groups excluding carboxylic acids is 3. The molecule has 19 heavy (non-hydrogen) atoms. The van der Waals surface area contributed by atoms with Gasteiger partial charge >= 0.3 is 12.0 Å². The highest BCUT2D eigenvalue weighted by Gasteiger charge is 2.43. The first-order valence-electron chi connectivity index (χ1n) is 6.53. The lowest BCUT2D eigenvalue weighted by molar-refractivity contribution is -0.161. The van der Waals surface area contributed by atoms with Gasteiger partial charge in [0.05, 0.1) is 0 Å². The van der Waals surface area contributed by atoms with Gasteiger partial charge in [-0.25, -0.2) is 14.5 Å². The van der Waals surface area contributed by atoms with Gasteiger partial charge in [0.15, 0.2) is 0 Å². The van der Waals surface area contributed by atoms with Crippen molar-refractivity contribution >= 4 is 17.9 Å². The molecule has 2 atom stereocenters. The van der Waals surface area contributed by atoms with E-state index in [1.165, 1.54) is 6.92 Å². The third-order valence-electron chi connectivity index (χ3n) is 2.76. The number of urea groups is 1. The number of esters is 1. The molecule has 3 amide bonds. The van der Waals surface area contributed by atoms with Crippen molar-refractivity contribution in [2.24, 2.45) is 0 Å². The van der Waals surface area contributed by atoms with E-state index in [9.17, 15) is 14.4 Å². The van der Waals surface area contributed by atoms with Crippen LogP contribution in [-0.2, 0) is 14.3 Å². The van der Waals surface area contributed by atoms with Crippen molar-refractivity contribution < 1.29 is 19.1 Å². The van der Waals surface area contributed by atoms with Crippen molar-refractivity contribution in [2.45, 2.75) is 65.1 Å². The SMILES string of the molecule is CCCC1NC(=O)N(C(C)C(=O)OC(C)(C)C)C1=O. The Bertz CT molecular complexity index is 387. The van der Waals surface area contributed by atoms with E-state index < -0.39 is 29.7 Å². The van der Waals surface area contributed by atoms with Crippen molar-refractivity contribution in [3.05, 3.63) is 0 Å². The first-order valence-corrected chi connectivity index (χ1v) is 6.53. The quantitative estimate of drug-likeness (QED) is 0.619. The van der Waals surface area contributed by atoms with Crippen molar-refractivity contribution in [2.75, 3.05) is 0 Å². The largest absolute Gasteiger partial charge is 0.458 e. The molecule has 6 heteroatoms. The summed E-state index contributed by atoms with van der Waals surface area (Å²) in [5, 5.41) is 2.58. The molecule has 1 rings (SSSR count). The average molecular weight is 270 g/mol. The van der Waals surface area contributed by atoms with Gasteiger partial charge in [0.25, 0.3) is 5.91 Å². The van der Waals surface area contributed by atoms with Crippen LogP contribution >= 0.6 is 0 Å². The third kappa shape index (κ3) is 3.68. The molecular weight excluding hydrogens is 248 g/mol. The number of hydrogen-bond donors (Lipinski definition) is 1. The highest BCUT2D eigenvalue weighted by molar-refractivity contribution is 6.06. The minimum Gasteiger partial charge on any atom is -0.458 e. The Labute approximate surface area is 113 Å². The fourth-order valence-electron chi connectivity index (χ4n) is 1.89. The van der Waals surface area contributed by atoms with Crippen LogP contribution in [0.25, 0.3) is 0 Å². The van der Waals surface area contributed by atoms with Crippen LogP contribution in [0, 0.1) is 0 Å². The summed E-state index contributed by atoms with van der Waals surface area (Å²) in [4.78, 5) is 36.7. The zero-order valence-corrected chi connectivity index (χ0v) is 12.1. The summed E-state index contributed by atoms with van der Waals surface area (Å²) in [6.45, 7) is 8.65. The molecule has 0 aromatic rings. The number of amides is 3. The molecular formula is C13H22N2O4. The topological polar surface area (TPSA) is 75.7 Å². The van der Waals surface area contributed by atoms with Gasteiger partial charge in [0.1, 0.15) is 17.7 Å². The Morgan fingerprint density at radius 3 is 2.47 bits per heavy atom. The first kappa shape index (κ1) is 15.5. The summed E-state index contributed by atoms with van der Waals surface area (Å²) >= 11 is 0.